The Labute approximate surface area is 143 Å². The van der Waals surface area contributed by atoms with Gasteiger partial charge in [-0.3, -0.25) is 9.88 Å². The van der Waals surface area contributed by atoms with Crippen molar-refractivity contribution in [2.24, 2.45) is 0 Å². The highest BCUT2D eigenvalue weighted by Gasteiger charge is 2.35. The molecular weight excluding hydrogens is 333 g/mol. The van der Waals surface area contributed by atoms with Gasteiger partial charge in [-0.2, -0.15) is 13.2 Å². The Bertz CT molecular complexity index is 751. The second kappa shape index (κ2) is 6.95. The Morgan fingerprint density at radius 3 is 2.76 bits per heavy atom. The Balaban J connectivity index is 1.85. The molecule has 1 fully saturated rings. The maximum absolute atomic E-state index is 13.0. The maximum atomic E-state index is 13.0. The van der Waals surface area contributed by atoms with Crippen LogP contribution in [-0.2, 0) is 12.7 Å². The predicted octanol–water partition coefficient (Wildman–Crippen LogP) is 3.54. The van der Waals surface area contributed by atoms with Crippen LogP contribution >= 0.6 is 0 Å². The Hall–Kier alpha value is -2.22. The molecule has 1 saturated heterocycles. The molecule has 134 valence electrons. The fraction of sp³-hybridized carbons (Fsp3) is 0.471. The van der Waals surface area contributed by atoms with E-state index in [1.165, 1.54) is 0 Å². The SMILES string of the molecule is COc1cncc(CN2CCCC2c2nc(C)cc(C(F)(F)F)n2)c1. The molecule has 1 unspecified atom stereocenters. The molecule has 0 aromatic carbocycles. The lowest BCUT2D eigenvalue weighted by atomic mass is 10.1. The van der Waals surface area contributed by atoms with Crippen molar-refractivity contribution in [2.75, 3.05) is 13.7 Å². The molecule has 0 N–H and O–H groups in total. The molecule has 25 heavy (non-hydrogen) atoms. The first-order valence-electron chi connectivity index (χ1n) is 8.01. The molecule has 3 heterocycles. The topological polar surface area (TPSA) is 51.1 Å². The standard InChI is InChI=1S/C17H19F3N4O/c1-11-6-15(17(18,19)20)23-16(22-11)14-4-3-5-24(14)10-12-7-13(25-2)9-21-8-12/h6-9,14H,3-5,10H2,1-2H3. The van der Waals surface area contributed by atoms with Crippen LogP contribution in [0.15, 0.2) is 24.5 Å². The van der Waals surface area contributed by atoms with Crippen LogP contribution in [0.2, 0.25) is 0 Å². The number of aromatic nitrogens is 3. The lowest BCUT2D eigenvalue weighted by Crippen LogP contribution is -2.25. The van der Waals surface area contributed by atoms with E-state index < -0.39 is 11.9 Å². The van der Waals surface area contributed by atoms with Crippen molar-refractivity contribution in [1.29, 1.82) is 0 Å². The van der Waals surface area contributed by atoms with Gasteiger partial charge in [0.05, 0.1) is 19.3 Å². The number of methoxy groups -OCH3 is 1. The van der Waals surface area contributed by atoms with Gasteiger partial charge in [-0.25, -0.2) is 9.97 Å². The zero-order chi connectivity index (χ0) is 18.0. The van der Waals surface area contributed by atoms with Gasteiger partial charge in [0.25, 0.3) is 0 Å². The van der Waals surface area contributed by atoms with Crippen LogP contribution in [0, 0.1) is 6.92 Å². The van der Waals surface area contributed by atoms with Gasteiger partial charge in [0.1, 0.15) is 17.3 Å². The van der Waals surface area contributed by atoms with E-state index in [1.54, 1.807) is 26.4 Å². The van der Waals surface area contributed by atoms with Crippen LogP contribution in [-0.4, -0.2) is 33.5 Å². The van der Waals surface area contributed by atoms with E-state index in [9.17, 15) is 13.2 Å². The van der Waals surface area contributed by atoms with Crippen molar-refractivity contribution in [1.82, 2.24) is 19.9 Å². The van der Waals surface area contributed by atoms with Gasteiger partial charge >= 0.3 is 6.18 Å². The van der Waals surface area contributed by atoms with Crippen molar-refractivity contribution in [3.8, 4) is 5.75 Å². The van der Waals surface area contributed by atoms with Gasteiger partial charge in [0.15, 0.2) is 0 Å². The number of pyridine rings is 1. The molecule has 0 bridgehead atoms. The molecule has 1 aliphatic heterocycles. The van der Waals surface area contributed by atoms with Gasteiger partial charge < -0.3 is 4.74 Å². The van der Waals surface area contributed by atoms with Crippen molar-refractivity contribution >= 4 is 0 Å². The van der Waals surface area contributed by atoms with Crippen LogP contribution in [0.3, 0.4) is 0 Å². The van der Waals surface area contributed by atoms with Gasteiger partial charge in [0.2, 0.25) is 0 Å². The first-order valence-corrected chi connectivity index (χ1v) is 8.01. The van der Waals surface area contributed by atoms with Crippen molar-refractivity contribution in [3.63, 3.8) is 0 Å². The van der Waals surface area contributed by atoms with Crippen LogP contribution in [0.1, 0.15) is 41.7 Å². The second-order valence-electron chi connectivity index (χ2n) is 6.11. The zero-order valence-corrected chi connectivity index (χ0v) is 14.0. The minimum absolute atomic E-state index is 0.229. The van der Waals surface area contributed by atoms with E-state index in [-0.39, 0.29) is 11.9 Å². The van der Waals surface area contributed by atoms with E-state index >= 15 is 0 Å². The summed E-state index contributed by atoms with van der Waals surface area (Å²) in [4.78, 5) is 14.3. The Morgan fingerprint density at radius 1 is 1.24 bits per heavy atom. The van der Waals surface area contributed by atoms with Crippen LogP contribution < -0.4 is 4.74 Å². The minimum Gasteiger partial charge on any atom is -0.495 e. The van der Waals surface area contributed by atoms with E-state index in [4.69, 9.17) is 4.74 Å². The summed E-state index contributed by atoms with van der Waals surface area (Å²) in [6, 6.07) is 2.63. The highest BCUT2D eigenvalue weighted by molar-refractivity contribution is 5.24. The van der Waals surface area contributed by atoms with Crippen molar-refractivity contribution in [2.45, 2.75) is 38.5 Å². The molecule has 0 spiro atoms. The maximum Gasteiger partial charge on any atom is 0.433 e. The molecule has 2 aromatic rings. The molecule has 8 heteroatoms. The number of hydrogen-bond acceptors (Lipinski definition) is 5. The van der Waals surface area contributed by atoms with Gasteiger partial charge in [-0.05, 0) is 44.0 Å². The fourth-order valence-corrected chi connectivity index (χ4v) is 3.09. The molecule has 1 aliphatic rings. The van der Waals surface area contributed by atoms with Gasteiger partial charge in [-0.1, -0.05) is 0 Å². The lowest BCUT2D eigenvalue weighted by Gasteiger charge is -2.24. The third-order valence-corrected chi connectivity index (χ3v) is 4.21. The Morgan fingerprint density at radius 2 is 2.04 bits per heavy atom. The molecule has 0 radical (unpaired) electrons. The summed E-state index contributed by atoms with van der Waals surface area (Å²) < 4.78 is 44.3. The van der Waals surface area contributed by atoms with E-state index in [1.807, 2.05) is 6.07 Å². The number of rotatable bonds is 4. The molecule has 0 amide bonds. The van der Waals surface area contributed by atoms with E-state index in [0.29, 0.717) is 18.0 Å². The highest BCUT2D eigenvalue weighted by atomic mass is 19.4. The third kappa shape index (κ3) is 4.07. The lowest BCUT2D eigenvalue weighted by molar-refractivity contribution is -0.141. The van der Waals surface area contributed by atoms with Crippen LogP contribution in [0.4, 0.5) is 13.2 Å². The van der Waals surface area contributed by atoms with E-state index in [2.05, 4.69) is 19.9 Å². The number of nitrogens with zero attached hydrogens (tertiary/aromatic N) is 4. The van der Waals surface area contributed by atoms with Crippen molar-refractivity contribution < 1.29 is 17.9 Å². The summed E-state index contributed by atoms with van der Waals surface area (Å²) in [5, 5.41) is 0. The molecule has 0 saturated carbocycles. The molecule has 5 nitrogen and oxygen atoms in total. The average molecular weight is 352 g/mol. The number of likely N-dealkylation sites (tertiary alicyclic amines) is 1. The smallest absolute Gasteiger partial charge is 0.433 e. The van der Waals surface area contributed by atoms with Gasteiger partial charge in [-0.15, -0.1) is 0 Å². The first-order chi connectivity index (χ1) is 11.9. The monoisotopic (exact) mass is 352 g/mol. The summed E-state index contributed by atoms with van der Waals surface area (Å²) in [6.45, 7) is 2.90. The quantitative estimate of drug-likeness (QED) is 0.842. The largest absolute Gasteiger partial charge is 0.495 e. The average Bonchev–Trinajstić information content (AvgIpc) is 3.02. The summed E-state index contributed by atoms with van der Waals surface area (Å²) in [5.74, 6) is 0.889. The number of halogens is 3. The molecule has 1 atom stereocenters. The predicted molar refractivity (Wildman–Crippen MR) is 84.9 cm³/mol. The summed E-state index contributed by atoms with van der Waals surface area (Å²) in [7, 11) is 1.57. The first kappa shape index (κ1) is 17.6. The molecular formula is C17H19F3N4O. The Kier molecular flexibility index (Phi) is 4.89. The third-order valence-electron chi connectivity index (χ3n) is 4.21. The number of hydrogen-bond donors (Lipinski definition) is 0. The fourth-order valence-electron chi connectivity index (χ4n) is 3.09. The second-order valence-corrected chi connectivity index (χ2v) is 6.11. The van der Waals surface area contributed by atoms with Gasteiger partial charge in [0, 0.05) is 18.4 Å². The summed E-state index contributed by atoms with van der Waals surface area (Å²) in [5.41, 5.74) is 0.382. The molecule has 3 rings (SSSR count). The van der Waals surface area contributed by atoms with Crippen LogP contribution in [0.25, 0.3) is 0 Å². The summed E-state index contributed by atoms with van der Waals surface area (Å²) in [6.07, 6.45) is 0.502. The minimum atomic E-state index is -4.47. The number of aryl methyl sites for hydroxylation is 1. The molecule has 0 aliphatic carbocycles. The van der Waals surface area contributed by atoms with Crippen molar-refractivity contribution in [3.05, 3.63) is 47.3 Å². The molecule has 2 aromatic heterocycles. The number of alkyl halides is 3. The highest BCUT2D eigenvalue weighted by Crippen LogP contribution is 2.34. The number of ether oxygens (including phenoxy) is 1. The summed E-state index contributed by atoms with van der Waals surface area (Å²) >= 11 is 0. The van der Waals surface area contributed by atoms with E-state index in [0.717, 1.165) is 31.0 Å². The normalized spacial score (nSPS) is 18.5. The zero-order valence-electron chi connectivity index (χ0n) is 14.0. The van der Waals surface area contributed by atoms with Crippen LogP contribution in [0.5, 0.6) is 5.75 Å².